The van der Waals surface area contributed by atoms with Gasteiger partial charge in [0.1, 0.15) is 0 Å². The second kappa shape index (κ2) is 11.8. The van der Waals surface area contributed by atoms with Crippen LogP contribution in [0.4, 0.5) is 5.69 Å². The predicted octanol–water partition coefficient (Wildman–Crippen LogP) is 6.27. The van der Waals surface area contributed by atoms with Crippen LogP contribution in [0.15, 0.2) is 30.3 Å². The molecular weight excluding hydrogens is 242 g/mol. The maximum absolute atomic E-state index is 3.47. The summed E-state index contributed by atoms with van der Waals surface area (Å²) in [5.41, 5.74) is 1.25. The molecule has 1 aromatic carbocycles. The van der Waals surface area contributed by atoms with Crippen molar-refractivity contribution in [2.45, 2.75) is 71.6 Å². The van der Waals surface area contributed by atoms with Crippen LogP contribution in [0.25, 0.3) is 0 Å². The van der Waals surface area contributed by atoms with Gasteiger partial charge in [-0.05, 0) is 24.5 Å². The molecule has 0 heterocycles. The van der Waals surface area contributed by atoms with E-state index in [9.17, 15) is 0 Å². The van der Waals surface area contributed by atoms with Gasteiger partial charge in [-0.25, -0.2) is 0 Å². The third kappa shape index (κ3) is 9.89. The highest BCUT2D eigenvalue weighted by atomic mass is 14.9. The van der Waals surface area contributed by atoms with Crippen molar-refractivity contribution in [2.75, 3.05) is 11.9 Å². The molecule has 0 amide bonds. The molecule has 1 heteroatoms. The number of rotatable bonds is 12. The highest BCUT2D eigenvalue weighted by Gasteiger charge is 1.95. The summed E-state index contributed by atoms with van der Waals surface area (Å²) in [5, 5.41) is 3.47. The van der Waals surface area contributed by atoms with Gasteiger partial charge in [0.25, 0.3) is 0 Å². The van der Waals surface area contributed by atoms with Crippen molar-refractivity contribution >= 4 is 5.69 Å². The summed E-state index contributed by atoms with van der Waals surface area (Å²) in [6.45, 7) is 5.76. The fourth-order valence-corrected chi connectivity index (χ4v) is 2.53. The van der Waals surface area contributed by atoms with E-state index in [1.807, 2.05) is 0 Å². The van der Waals surface area contributed by atoms with Gasteiger partial charge in [0.15, 0.2) is 0 Å². The zero-order chi connectivity index (χ0) is 14.5. The molecule has 0 atom stereocenters. The lowest BCUT2D eigenvalue weighted by Crippen LogP contribution is -2.00. The van der Waals surface area contributed by atoms with Gasteiger partial charge in [-0.2, -0.15) is 0 Å². The van der Waals surface area contributed by atoms with Gasteiger partial charge < -0.3 is 5.32 Å². The van der Waals surface area contributed by atoms with E-state index in [1.54, 1.807) is 0 Å². The number of anilines is 1. The zero-order valence-electron chi connectivity index (χ0n) is 13.5. The molecule has 0 spiro atoms. The van der Waals surface area contributed by atoms with Crippen LogP contribution in [0.2, 0.25) is 0 Å². The summed E-state index contributed by atoms with van der Waals surface area (Å²) in [4.78, 5) is 0. The minimum absolute atomic E-state index is 0.882. The van der Waals surface area contributed by atoms with E-state index >= 15 is 0 Å². The average Bonchev–Trinajstić information content (AvgIpc) is 2.45. The minimum atomic E-state index is 0.882. The van der Waals surface area contributed by atoms with Gasteiger partial charge in [0.2, 0.25) is 0 Å². The highest BCUT2D eigenvalue weighted by molar-refractivity contribution is 5.42. The van der Waals surface area contributed by atoms with Gasteiger partial charge in [-0.1, -0.05) is 83.4 Å². The van der Waals surface area contributed by atoms with Crippen LogP contribution in [-0.4, -0.2) is 6.54 Å². The lowest BCUT2D eigenvalue weighted by molar-refractivity contribution is 0.508. The molecule has 1 rings (SSSR count). The molecule has 114 valence electrons. The average molecular weight is 275 g/mol. The van der Waals surface area contributed by atoms with Crippen molar-refractivity contribution in [3.05, 3.63) is 30.3 Å². The maximum Gasteiger partial charge on any atom is 0.0340 e. The van der Waals surface area contributed by atoms with Crippen LogP contribution < -0.4 is 5.32 Å². The van der Waals surface area contributed by atoms with Gasteiger partial charge in [-0.3, -0.25) is 0 Å². The first-order chi connectivity index (χ1) is 9.79. The maximum atomic E-state index is 3.47. The summed E-state index contributed by atoms with van der Waals surface area (Å²) in [5.74, 6) is 0.882. The quantitative estimate of drug-likeness (QED) is 0.443. The monoisotopic (exact) mass is 275 g/mol. The van der Waals surface area contributed by atoms with Crippen molar-refractivity contribution in [1.82, 2.24) is 0 Å². The molecule has 0 aliphatic heterocycles. The minimum Gasteiger partial charge on any atom is -0.385 e. The van der Waals surface area contributed by atoms with Crippen molar-refractivity contribution < 1.29 is 0 Å². The zero-order valence-corrected chi connectivity index (χ0v) is 13.5. The summed E-state index contributed by atoms with van der Waals surface area (Å²) in [7, 11) is 0. The fraction of sp³-hybridized carbons (Fsp3) is 0.684. The van der Waals surface area contributed by atoms with E-state index in [-0.39, 0.29) is 0 Å². The van der Waals surface area contributed by atoms with Gasteiger partial charge in [0.05, 0.1) is 0 Å². The van der Waals surface area contributed by atoms with Gasteiger partial charge in [-0.15, -0.1) is 0 Å². The molecule has 0 bridgehead atoms. The third-order valence-electron chi connectivity index (χ3n) is 3.81. The summed E-state index contributed by atoms with van der Waals surface area (Å²) >= 11 is 0. The Morgan fingerprint density at radius 3 is 1.90 bits per heavy atom. The number of nitrogens with one attached hydrogen (secondary N) is 1. The van der Waals surface area contributed by atoms with Crippen LogP contribution in [0.1, 0.15) is 71.6 Å². The Morgan fingerprint density at radius 1 is 0.750 bits per heavy atom. The lowest BCUT2D eigenvalue weighted by Gasteiger charge is -2.06. The van der Waals surface area contributed by atoms with E-state index in [0.717, 1.165) is 12.5 Å². The standard InChI is InChI=1S/C19H33N/c1-18(2)14-10-7-5-3-4-6-8-13-17-20-19-15-11-9-12-16-19/h9,11-12,15-16,18,20H,3-8,10,13-14,17H2,1-2H3. The molecule has 0 aromatic heterocycles. The highest BCUT2D eigenvalue weighted by Crippen LogP contribution is 2.12. The number of unbranched alkanes of at least 4 members (excludes halogenated alkanes) is 7. The van der Waals surface area contributed by atoms with E-state index in [2.05, 4.69) is 49.5 Å². The van der Waals surface area contributed by atoms with Gasteiger partial charge in [0, 0.05) is 12.2 Å². The van der Waals surface area contributed by atoms with Crippen molar-refractivity contribution in [2.24, 2.45) is 5.92 Å². The molecule has 20 heavy (non-hydrogen) atoms. The third-order valence-corrected chi connectivity index (χ3v) is 3.81. The normalized spacial score (nSPS) is 10.9. The van der Waals surface area contributed by atoms with Crippen LogP contribution in [-0.2, 0) is 0 Å². The molecule has 1 aromatic rings. The molecule has 0 aliphatic carbocycles. The van der Waals surface area contributed by atoms with E-state index in [1.165, 1.54) is 63.5 Å². The first kappa shape index (κ1) is 17.1. The number of hydrogen-bond acceptors (Lipinski definition) is 1. The Kier molecular flexibility index (Phi) is 10.1. The Bertz CT molecular complexity index is 305. The van der Waals surface area contributed by atoms with E-state index in [4.69, 9.17) is 0 Å². The van der Waals surface area contributed by atoms with E-state index in [0.29, 0.717) is 0 Å². The Balaban J connectivity index is 1.79. The molecule has 0 radical (unpaired) electrons. The summed E-state index contributed by atoms with van der Waals surface area (Å²) in [6.07, 6.45) is 12.6. The molecule has 0 aliphatic rings. The first-order valence-electron chi connectivity index (χ1n) is 8.58. The topological polar surface area (TPSA) is 12.0 Å². The second-order valence-corrected chi connectivity index (χ2v) is 6.30. The second-order valence-electron chi connectivity index (χ2n) is 6.30. The Morgan fingerprint density at radius 2 is 1.30 bits per heavy atom. The molecule has 1 N–H and O–H groups in total. The fourth-order valence-electron chi connectivity index (χ4n) is 2.53. The number of benzene rings is 1. The van der Waals surface area contributed by atoms with Crippen LogP contribution in [0.3, 0.4) is 0 Å². The molecule has 0 saturated heterocycles. The van der Waals surface area contributed by atoms with Crippen LogP contribution in [0.5, 0.6) is 0 Å². The summed E-state index contributed by atoms with van der Waals surface area (Å²) < 4.78 is 0. The predicted molar refractivity (Wildman–Crippen MR) is 91.3 cm³/mol. The van der Waals surface area contributed by atoms with Gasteiger partial charge >= 0.3 is 0 Å². The van der Waals surface area contributed by atoms with Crippen molar-refractivity contribution in [3.8, 4) is 0 Å². The Hall–Kier alpha value is -0.980. The van der Waals surface area contributed by atoms with E-state index < -0.39 is 0 Å². The molecule has 0 saturated carbocycles. The molecule has 1 nitrogen and oxygen atoms in total. The Labute approximate surface area is 126 Å². The first-order valence-corrected chi connectivity index (χ1v) is 8.58. The smallest absolute Gasteiger partial charge is 0.0340 e. The molecule has 0 unspecified atom stereocenters. The molecule has 0 fully saturated rings. The SMILES string of the molecule is CC(C)CCCCCCCCCCNc1ccccc1. The molecular formula is C19H33N. The summed E-state index contributed by atoms with van der Waals surface area (Å²) in [6, 6.07) is 10.5. The van der Waals surface area contributed by atoms with Crippen molar-refractivity contribution in [3.63, 3.8) is 0 Å². The van der Waals surface area contributed by atoms with Crippen molar-refractivity contribution in [1.29, 1.82) is 0 Å². The number of para-hydroxylation sites is 1. The lowest BCUT2D eigenvalue weighted by atomic mass is 10.0. The van der Waals surface area contributed by atoms with Crippen LogP contribution in [0, 0.1) is 5.92 Å². The largest absolute Gasteiger partial charge is 0.385 e. The van der Waals surface area contributed by atoms with Crippen LogP contribution >= 0.6 is 0 Å². The number of hydrogen-bond donors (Lipinski definition) is 1.